The van der Waals surface area contributed by atoms with Crippen LogP contribution in [0.3, 0.4) is 0 Å². The Morgan fingerprint density at radius 1 is 0.909 bits per heavy atom. The molecule has 0 aliphatic heterocycles. The molecule has 2 rings (SSSR count). The van der Waals surface area contributed by atoms with Crippen molar-refractivity contribution in [3.05, 3.63) is 60.2 Å². The van der Waals surface area contributed by atoms with E-state index < -0.39 is 0 Å². The molecule has 0 fully saturated rings. The Labute approximate surface area is 133 Å². The molecule has 2 aromatic carbocycles. The zero-order valence-electron chi connectivity index (χ0n) is 13.4. The van der Waals surface area contributed by atoms with Gasteiger partial charge in [-0.2, -0.15) is 0 Å². The normalized spacial score (nSPS) is 11.2. The van der Waals surface area contributed by atoms with E-state index in [1.165, 1.54) is 11.1 Å². The molecule has 0 saturated carbocycles. The molecule has 0 aliphatic carbocycles. The highest BCUT2D eigenvalue weighted by Crippen LogP contribution is 2.18. The maximum absolute atomic E-state index is 5.31. The van der Waals surface area contributed by atoms with Crippen molar-refractivity contribution >= 4 is 6.21 Å². The van der Waals surface area contributed by atoms with Gasteiger partial charge in [0.15, 0.2) is 0 Å². The van der Waals surface area contributed by atoms with Gasteiger partial charge in [-0.1, -0.05) is 73.6 Å². The van der Waals surface area contributed by atoms with E-state index in [9.17, 15) is 0 Å². The van der Waals surface area contributed by atoms with E-state index >= 15 is 0 Å². The van der Waals surface area contributed by atoms with E-state index in [2.05, 4.69) is 72.4 Å². The first kappa shape index (κ1) is 16.2. The number of oxime groups is 1. The molecule has 0 spiro atoms. The minimum Gasteiger partial charge on any atom is -0.394 e. The van der Waals surface area contributed by atoms with Crippen molar-refractivity contribution in [1.82, 2.24) is 4.90 Å². The highest BCUT2D eigenvalue weighted by atomic mass is 16.6. The van der Waals surface area contributed by atoms with E-state index in [0.717, 1.165) is 25.2 Å². The molecule has 3 heteroatoms. The van der Waals surface area contributed by atoms with E-state index in [-0.39, 0.29) is 0 Å². The maximum atomic E-state index is 5.31. The van der Waals surface area contributed by atoms with Crippen LogP contribution in [-0.2, 0) is 4.84 Å². The van der Waals surface area contributed by atoms with E-state index in [0.29, 0.717) is 6.61 Å². The molecular formula is C19H24N2O. The van der Waals surface area contributed by atoms with E-state index in [1.54, 1.807) is 6.21 Å². The van der Waals surface area contributed by atoms with Crippen LogP contribution >= 0.6 is 0 Å². The molecule has 0 aliphatic rings. The zero-order valence-corrected chi connectivity index (χ0v) is 13.4. The molecule has 116 valence electrons. The first-order valence-corrected chi connectivity index (χ1v) is 7.86. The molecule has 22 heavy (non-hydrogen) atoms. The third-order valence-electron chi connectivity index (χ3n) is 3.69. The predicted molar refractivity (Wildman–Crippen MR) is 93.2 cm³/mol. The third-order valence-corrected chi connectivity index (χ3v) is 3.69. The monoisotopic (exact) mass is 296 g/mol. The molecule has 0 atom stereocenters. The lowest BCUT2D eigenvalue weighted by Crippen LogP contribution is -2.26. The molecular weight excluding hydrogens is 272 g/mol. The summed E-state index contributed by atoms with van der Waals surface area (Å²) in [4.78, 5) is 7.62. The highest BCUT2D eigenvalue weighted by Gasteiger charge is 1.98. The van der Waals surface area contributed by atoms with Gasteiger partial charge < -0.3 is 9.74 Å². The molecule has 0 bridgehead atoms. The van der Waals surface area contributed by atoms with Crippen molar-refractivity contribution < 1.29 is 4.84 Å². The Morgan fingerprint density at radius 2 is 1.55 bits per heavy atom. The van der Waals surface area contributed by atoms with Crippen molar-refractivity contribution in [2.75, 3.05) is 26.2 Å². The Balaban J connectivity index is 1.82. The van der Waals surface area contributed by atoms with Crippen LogP contribution in [0.1, 0.15) is 19.4 Å². The van der Waals surface area contributed by atoms with Gasteiger partial charge in [-0.15, -0.1) is 0 Å². The second kappa shape index (κ2) is 9.00. The lowest BCUT2D eigenvalue weighted by Gasteiger charge is -2.16. The van der Waals surface area contributed by atoms with Gasteiger partial charge >= 0.3 is 0 Å². The fourth-order valence-corrected chi connectivity index (χ4v) is 2.25. The number of hydrogen-bond acceptors (Lipinski definition) is 3. The summed E-state index contributed by atoms with van der Waals surface area (Å²) in [6, 6.07) is 18.7. The highest BCUT2D eigenvalue weighted by molar-refractivity contribution is 5.80. The van der Waals surface area contributed by atoms with Crippen molar-refractivity contribution in [2.45, 2.75) is 13.8 Å². The van der Waals surface area contributed by atoms with Gasteiger partial charge in [0.1, 0.15) is 6.61 Å². The van der Waals surface area contributed by atoms with Crippen LogP contribution in [0.5, 0.6) is 0 Å². The summed E-state index contributed by atoms with van der Waals surface area (Å²) in [5.74, 6) is 0. The molecule has 0 N–H and O–H groups in total. The van der Waals surface area contributed by atoms with Crippen LogP contribution in [0, 0.1) is 0 Å². The van der Waals surface area contributed by atoms with Crippen LogP contribution in [-0.4, -0.2) is 37.4 Å². The molecule has 2 aromatic rings. The second-order valence-corrected chi connectivity index (χ2v) is 5.08. The topological polar surface area (TPSA) is 24.8 Å². The smallest absolute Gasteiger partial charge is 0.129 e. The van der Waals surface area contributed by atoms with Gasteiger partial charge in [0.2, 0.25) is 0 Å². The molecule has 3 nitrogen and oxygen atoms in total. The van der Waals surface area contributed by atoms with Crippen LogP contribution < -0.4 is 0 Å². The van der Waals surface area contributed by atoms with Gasteiger partial charge in [-0.3, -0.25) is 0 Å². The van der Waals surface area contributed by atoms with E-state index in [1.807, 2.05) is 6.07 Å². The van der Waals surface area contributed by atoms with Crippen molar-refractivity contribution in [3.8, 4) is 11.1 Å². The summed E-state index contributed by atoms with van der Waals surface area (Å²) in [7, 11) is 0. The van der Waals surface area contributed by atoms with Crippen molar-refractivity contribution in [1.29, 1.82) is 0 Å². The SMILES string of the molecule is CCN(CC)CCO/N=C/c1ccc(-c2ccccc2)cc1. The molecule has 0 heterocycles. The molecule has 0 saturated heterocycles. The molecule has 0 amide bonds. The lowest BCUT2D eigenvalue weighted by atomic mass is 10.0. The summed E-state index contributed by atoms with van der Waals surface area (Å²) in [6.45, 7) is 7.94. The zero-order chi connectivity index (χ0) is 15.6. The van der Waals surface area contributed by atoms with Gasteiger partial charge in [0.05, 0.1) is 6.21 Å². The fraction of sp³-hybridized carbons (Fsp3) is 0.316. The summed E-state index contributed by atoms with van der Waals surface area (Å²) in [5, 5.41) is 4.03. The van der Waals surface area contributed by atoms with Crippen LogP contribution in [0.25, 0.3) is 11.1 Å². The summed E-state index contributed by atoms with van der Waals surface area (Å²) < 4.78 is 0. The van der Waals surface area contributed by atoms with Gasteiger partial charge in [0, 0.05) is 6.54 Å². The number of nitrogens with zero attached hydrogens (tertiary/aromatic N) is 2. The number of rotatable bonds is 8. The van der Waals surface area contributed by atoms with Crippen molar-refractivity contribution in [3.63, 3.8) is 0 Å². The molecule has 0 unspecified atom stereocenters. The van der Waals surface area contributed by atoms with Gasteiger partial charge in [0.25, 0.3) is 0 Å². The average Bonchev–Trinajstić information content (AvgIpc) is 2.59. The number of benzene rings is 2. The van der Waals surface area contributed by atoms with Gasteiger partial charge in [-0.25, -0.2) is 0 Å². The average molecular weight is 296 g/mol. The Bertz CT molecular complexity index is 560. The number of hydrogen-bond donors (Lipinski definition) is 0. The predicted octanol–water partition coefficient (Wildman–Crippen LogP) is 4.05. The molecule has 0 aromatic heterocycles. The quantitative estimate of drug-likeness (QED) is 0.417. The van der Waals surface area contributed by atoms with Crippen LogP contribution in [0.15, 0.2) is 59.8 Å². The third kappa shape index (κ3) is 5.01. The van der Waals surface area contributed by atoms with Gasteiger partial charge in [-0.05, 0) is 29.8 Å². The fourth-order valence-electron chi connectivity index (χ4n) is 2.25. The Hall–Kier alpha value is -2.13. The van der Waals surface area contributed by atoms with Crippen LogP contribution in [0.4, 0.5) is 0 Å². The minimum absolute atomic E-state index is 0.625. The Kier molecular flexibility index (Phi) is 6.65. The van der Waals surface area contributed by atoms with Crippen molar-refractivity contribution in [2.24, 2.45) is 5.16 Å². The first-order chi connectivity index (χ1) is 10.8. The maximum Gasteiger partial charge on any atom is 0.129 e. The largest absolute Gasteiger partial charge is 0.394 e. The second-order valence-electron chi connectivity index (χ2n) is 5.08. The lowest BCUT2D eigenvalue weighted by molar-refractivity contribution is 0.115. The first-order valence-electron chi connectivity index (χ1n) is 7.86. The standard InChI is InChI=1S/C19H24N2O/c1-3-21(4-2)14-15-22-20-16-17-10-12-19(13-11-17)18-8-6-5-7-9-18/h5-13,16H,3-4,14-15H2,1-2H3/b20-16+. The summed E-state index contributed by atoms with van der Waals surface area (Å²) in [6.07, 6.45) is 1.76. The minimum atomic E-state index is 0.625. The number of likely N-dealkylation sites (N-methyl/N-ethyl adjacent to an activating group) is 1. The molecule has 0 radical (unpaired) electrons. The van der Waals surface area contributed by atoms with E-state index in [4.69, 9.17) is 4.84 Å². The summed E-state index contributed by atoms with van der Waals surface area (Å²) in [5.41, 5.74) is 3.48. The van der Waals surface area contributed by atoms with Crippen LogP contribution in [0.2, 0.25) is 0 Å². The summed E-state index contributed by atoms with van der Waals surface area (Å²) >= 11 is 0. The Morgan fingerprint density at radius 3 is 2.18 bits per heavy atom.